The highest BCUT2D eigenvalue weighted by molar-refractivity contribution is 8.77. The third-order valence-electron chi connectivity index (χ3n) is 2.62. The molecule has 0 aromatic heterocycles. The third kappa shape index (κ3) is 3.32. The van der Waals surface area contributed by atoms with Gasteiger partial charge in [0.15, 0.2) is 0 Å². The van der Waals surface area contributed by atoms with E-state index >= 15 is 0 Å². The van der Waals surface area contributed by atoms with Gasteiger partial charge in [-0.05, 0) is 24.7 Å². The van der Waals surface area contributed by atoms with Crippen LogP contribution < -0.4 is 0 Å². The summed E-state index contributed by atoms with van der Waals surface area (Å²) in [6.45, 7) is 0. The van der Waals surface area contributed by atoms with Crippen LogP contribution in [0.2, 0.25) is 0 Å². The van der Waals surface area contributed by atoms with Crippen LogP contribution in [-0.4, -0.2) is 23.0 Å². The van der Waals surface area contributed by atoms with Gasteiger partial charge in [0.25, 0.3) is 0 Å². The lowest BCUT2D eigenvalue weighted by Gasteiger charge is -2.28. The van der Waals surface area contributed by atoms with Gasteiger partial charge in [0.2, 0.25) is 0 Å². The first-order chi connectivity index (χ1) is 6.91. The van der Waals surface area contributed by atoms with E-state index in [0.29, 0.717) is 5.41 Å². The molecule has 0 bridgehead atoms. The molecule has 0 unspecified atom stereocenters. The lowest BCUT2D eigenvalue weighted by atomic mass is 9.90. The summed E-state index contributed by atoms with van der Waals surface area (Å²) in [6, 6.07) is 0. The molecule has 1 aliphatic heterocycles. The minimum atomic E-state index is 0.604. The molecule has 1 aliphatic carbocycles. The Balaban J connectivity index is 1.86. The fraction of sp³-hybridized carbons (Fsp3) is 0.800. The van der Waals surface area contributed by atoms with Gasteiger partial charge in [-0.2, -0.15) is 0 Å². The summed E-state index contributed by atoms with van der Waals surface area (Å²) in [6.07, 6.45) is 8.76. The van der Waals surface area contributed by atoms with Crippen molar-refractivity contribution in [3.63, 3.8) is 0 Å². The van der Waals surface area contributed by atoms with E-state index in [-0.39, 0.29) is 0 Å². The van der Waals surface area contributed by atoms with Gasteiger partial charge in [-0.3, -0.25) is 0 Å². The molecule has 0 N–H and O–H groups in total. The number of hydrogen-bond acceptors (Lipinski definition) is 4. The molecule has 2 rings (SSSR count). The topological polar surface area (TPSA) is 0 Å². The molecule has 0 nitrogen and oxygen atoms in total. The van der Waals surface area contributed by atoms with Gasteiger partial charge >= 0.3 is 0 Å². The first-order valence-electron chi connectivity index (χ1n) is 5.05. The summed E-state index contributed by atoms with van der Waals surface area (Å²) in [4.78, 5) is 0. The van der Waals surface area contributed by atoms with Crippen molar-refractivity contribution < 1.29 is 0 Å². The highest BCUT2D eigenvalue weighted by Crippen LogP contribution is 2.45. The largest absolute Gasteiger partial charge is 0.0941 e. The molecule has 14 heavy (non-hydrogen) atoms. The lowest BCUT2D eigenvalue weighted by molar-refractivity contribution is 0.422. The van der Waals surface area contributed by atoms with Crippen LogP contribution in [0.5, 0.6) is 0 Å². The van der Waals surface area contributed by atoms with E-state index in [9.17, 15) is 0 Å². The summed E-state index contributed by atoms with van der Waals surface area (Å²) in [7, 11) is 8.36. The van der Waals surface area contributed by atoms with E-state index in [2.05, 4.69) is 55.3 Å². The van der Waals surface area contributed by atoms with E-state index in [1.54, 1.807) is 0 Å². The van der Waals surface area contributed by atoms with E-state index in [4.69, 9.17) is 0 Å². The molecule has 0 radical (unpaired) electrons. The van der Waals surface area contributed by atoms with Crippen LogP contribution in [0.1, 0.15) is 19.3 Å². The van der Waals surface area contributed by atoms with Gasteiger partial charge in [-0.25, -0.2) is 0 Å². The molecule has 1 spiro atoms. The quantitative estimate of drug-likeness (QED) is 0.467. The molecular formula is C10H16S4. The Morgan fingerprint density at radius 3 is 1.93 bits per heavy atom. The van der Waals surface area contributed by atoms with Crippen molar-refractivity contribution in [1.29, 1.82) is 0 Å². The van der Waals surface area contributed by atoms with Crippen LogP contribution in [0.3, 0.4) is 0 Å². The van der Waals surface area contributed by atoms with Crippen molar-refractivity contribution in [3.8, 4) is 0 Å². The molecule has 0 aromatic carbocycles. The Morgan fingerprint density at radius 1 is 0.786 bits per heavy atom. The van der Waals surface area contributed by atoms with Crippen molar-refractivity contribution in [2.24, 2.45) is 5.41 Å². The number of allylic oxidation sites excluding steroid dienone is 2. The van der Waals surface area contributed by atoms with Crippen LogP contribution in [0.25, 0.3) is 0 Å². The van der Waals surface area contributed by atoms with Crippen LogP contribution >= 0.6 is 43.2 Å². The Morgan fingerprint density at radius 2 is 1.36 bits per heavy atom. The van der Waals surface area contributed by atoms with Gasteiger partial charge < -0.3 is 0 Å². The predicted molar refractivity (Wildman–Crippen MR) is 75.3 cm³/mol. The fourth-order valence-corrected chi connectivity index (χ4v) is 7.48. The van der Waals surface area contributed by atoms with Crippen molar-refractivity contribution in [2.45, 2.75) is 19.3 Å². The Kier molecular flexibility index (Phi) is 5.00. The van der Waals surface area contributed by atoms with Gasteiger partial charge in [-0.1, -0.05) is 55.3 Å². The molecule has 1 saturated heterocycles. The Hall–Kier alpha value is 1.14. The van der Waals surface area contributed by atoms with Gasteiger partial charge in [-0.15, -0.1) is 0 Å². The first-order valence-corrected chi connectivity index (χ1v) is 10.0. The van der Waals surface area contributed by atoms with E-state index in [1.807, 2.05) is 0 Å². The lowest BCUT2D eigenvalue weighted by Crippen LogP contribution is -2.22. The molecule has 0 atom stereocenters. The Bertz CT molecular complexity index is 182. The zero-order valence-corrected chi connectivity index (χ0v) is 11.5. The number of rotatable bonds is 0. The van der Waals surface area contributed by atoms with Crippen molar-refractivity contribution in [1.82, 2.24) is 0 Å². The summed E-state index contributed by atoms with van der Waals surface area (Å²) >= 11 is 0. The van der Waals surface area contributed by atoms with Crippen LogP contribution in [-0.2, 0) is 0 Å². The predicted octanol–water partition coefficient (Wildman–Crippen LogP) is 4.49. The third-order valence-corrected chi connectivity index (χ3v) is 8.03. The van der Waals surface area contributed by atoms with Gasteiger partial charge in [0.1, 0.15) is 0 Å². The minimum Gasteiger partial charge on any atom is -0.0941 e. The fourth-order valence-electron chi connectivity index (χ4n) is 1.66. The zero-order valence-electron chi connectivity index (χ0n) is 8.24. The molecule has 80 valence electrons. The van der Waals surface area contributed by atoms with Gasteiger partial charge in [0.05, 0.1) is 0 Å². The second-order valence-corrected chi connectivity index (χ2v) is 9.07. The van der Waals surface area contributed by atoms with E-state index in [0.717, 1.165) is 0 Å². The highest BCUT2D eigenvalue weighted by atomic mass is 33.1. The van der Waals surface area contributed by atoms with Crippen molar-refractivity contribution >= 4 is 43.2 Å². The van der Waals surface area contributed by atoms with Crippen LogP contribution in [0, 0.1) is 5.41 Å². The van der Waals surface area contributed by atoms with Crippen molar-refractivity contribution in [3.05, 3.63) is 12.2 Å². The molecule has 1 fully saturated rings. The summed E-state index contributed by atoms with van der Waals surface area (Å²) in [5.74, 6) is 5.36. The second kappa shape index (κ2) is 6.02. The summed E-state index contributed by atoms with van der Waals surface area (Å²) < 4.78 is 0. The van der Waals surface area contributed by atoms with Crippen LogP contribution in [0.4, 0.5) is 0 Å². The molecule has 0 amide bonds. The minimum absolute atomic E-state index is 0.604. The molecular weight excluding hydrogens is 248 g/mol. The first kappa shape index (κ1) is 11.6. The van der Waals surface area contributed by atoms with Crippen molar-refractivity contribution in [2.75, 3.05) is 23.0 Å². The molecule has 4 heteroatoms. The Labute approximate surface area is 103 Å². The normalized spacial score (nSPS) is 28.0. The zero-order chi connectivity index (χ0) is 9.69. The standard InChI is InChI=1S/C10H16S4/c1-2-5-10(4-1)8-13-11-6-3-7-12-14-9-10/h1-2H,3-9H2. The average Bonchev–Trinajstić information content (AvgIpc) is 2.66. The molecule has 0 saturated carbocycles. The maximum Gasteiger partial charge on any atom is 0.0108 e. The second-order valence-electron chi connectivity index (χ2n) is 3.90. The maximum atomic E-state index is 2.38. The van der Waals surface area contributed by atoms with Crippen LogP contribution in [0.15, 0.2) is 12.2 Å². The van der Waals surface area contributed by atoms with E-state index in [1.165, 1.54) is 42.3 Å². The SMILES string of the molecule is C1=CCC2(C1)CSSCCCSSC2. The van der Waals surface area contributed by atoms with Gasteiger partial charge in [0, 0.05) is 23.0 Å². The molecule has 1 heterocycles. The summed E-state index contributed by atoms with van der Waals surface area (Å²) in [5, 5.41) is 0. The number of hydrogen-bond donors (Lipinski definition) is 0. The summed E-state index contributed by atoms with van der Waals surface area (Å²) in [5.41, 5.74) is 0.604. The van der Waals surface area contributed by atoms with E-state index < -0.39 is 0 Å². The maximum absolute atomic E-state index is 2.38. The average molecular weight is 265 g/mol. The molecule has 2 aliphatic rings. The molecule has 0 aromatic rings. The smallest absolute Gasteiger partial charge is 0.0108 e. The monoisotopic (exact) mass is 264 g/mol. The highest BCUT2D eigenvalue weighted by Gasteiger charge is 2.31.